The second kappa shape index (κ2) is 5.21. The summed E-state index contributed by atoms with van der Waals surface area (Å²) in [6.07, 6.45) is 1.78. The number of nitrogens with zero attached hydrogens (tertiary/aromatic N) is 1. The fraction of sp³-hybridized carbons (Fsp3) is 0.417. The molecular weight excluding hydrogens is 206 g/mol. The van der Waals surface area contributed by atoms with Gasteiger partial charge in [-0.3, -0.25) is 4.79 Å². The minimum absolute atomic E-state index is 0.323. The molecule has 2 rings (SSSR count). The van der Waals surface area contributed by atoms with E-state index in [1.165, 1.54) is 4.90 Å². The van der Waals surface area contributed by atoms with Crippen molar-refractivity contribution < 1.29 is 4.79 Å². The van der Waals surface area contributed by atoms with Crippen LogP contribution in [0.4, 0.5) is 0 Å². The molecule has 0 unspecified atom stereocenters. The first-order valence-corrected chi connectivity index (χ1v) is 6.30. The number of rotatable bonds is 4. The van der Waals surface area contributed by atoms with E-state index in [1.807, 2.05) is 34.9 Å². The van der Waals surface area contributed by atoms with Crippen molar-refractivity contribution in [2.45, 2.75) is 17.7 Å². The van der Waals surface area contributed by atoms with Gasteiger partial charge in [-0.05, 0) is 18.6 Å². The van der Waals surface area contributed by atoms with E-state index in [9.17, 15) is 4.79 Å². The van der Waals surface area contributed by atoms with E-state index >= 15 is 0 Å². The Bertz CT molecular complexity index is 326. The lowest BCUT2D eigenvalue weighted by molar-refractivity contribution is -0.127. The number of hydrogen-bond acceptors (Lipinski definition) is 2. The van der Waals surface area contributed by atoms with Gasteiger partial charge in [0.1, 0.15) is 0 Å². The van der Waals surface area contributed by atoms with Gasteiger partial charge in [-0.15, -0.1) is 11.8 Å². The Morgan fingerprint density at radius 2 is 2.07 bits per heavy atom. The van der Waals surface area contributed by atoms with E-state index < -0.39 is 0 Å². The topological polar surface area (TPSA) is 20.3 Å². The van der Waals surface area contributed by atoms with Gasteiger partial charge in [0.05, 0.1) is 0 Å². The van der Waals surface area contributed by atoms with Gasteiger partial charge in [0.15, 0.2) is 0 Å². The van der Waals surface area contributed by atoms with Crippen LogP contribution in [0, 0.1) is 0 Å². The Balaban J connectivity index is 1.73. The monoisotopic (exact) mass is 221 g/mol. The van der Waals surface area contributed by atoms with E-state index in [0.717, 1.165) is 31.7 Å². The van der Waals surface area contributed by atoms with Crippen LogP contribution in [0.5, 0.6) is 0 Å². The van der Waals surface area contributed by atoms with Crippen molar-refractivity contribution in [1.82, 2.24) is 4.90 Å². The lowest BCUT2D eigenvalue weighted by atomic mass is 10.4. The normalized spacial score (nSPS) is 16.0. The second-order valence-electron chi connectivity index (χ2n) is 3.65. The highest BCUT2D eigenvalue weighted by atomic mass is 32.2. The molecule has 1 heterocycles. The maximum absolute atomic E-state index is 11.3. The minimum Gasteiger partial charge on any atom is -0.342 e. The Hall–Kier alpha value is -0.960. The first kappa shape index (κ1) is 10.6. The Morgan fingerprint density at radius 3 is 2.73 bits per heavy atom. The molecule has 0 bridgehead atoms. The molecule has 1 saturated heterocycles. The van der Waals surface area contributed by atoms with E-state index in [1.54, 1.807) is 0 Å². The SMILES string of the molecule is O=C1CCCN1CCSc1ccccc1. The zero-order valence-electron chi connectivity index (χ0n) is 8.69. The third-order valence-corrected chi connectivity index (χ3v) is 3.54. The fourth-order valence-corrected chi connectivity index (χ4v) is 2.63. The summed E-state index contributed by atoms with van der Waals surface area (Å²) in [6.45, 7) is 1.84. The summed E-state index contributed by atoms with van der Waals surface area (Å²) in [5.41, 5.74) is 0. The maximum atomic E-state index is 11.3. The quantitative estimate of drug-likeness (QED) is 0.728. The summed E-state index contributed by atoms with van der Waals surface area (Å²) in [6, 6.07) is 10.3. The van der Waals surface area contributed by atoms with Crippen LogP contribution in [0.25, 0.3) is 0 Å². The molecule has 1 fully saturated rings. The first-order chi connectivity index (χ1) is 7.36. The summed E-state index contributed by atoms with van der Waals surface area (Å²) in [5.74, 6) is 1.32. The largest absolute Gasteiger partial charge is 0.342 e. The van der Waals surface area contributed by atoms with Crippen molar-refractivity contribution in [2.75, 3.05) is 18.8 Å². The van der Waals surface area contributed by atoms with Crippen molar-refractivity contribution >= 4 is 17.7 Å². The van der Waals surface area contributed by atoms with Crippen molar-refractivity contribution in [1.29, 1.82) is 0 Å². The third kappa shape index (κ3) is 2.99. The molecule has 1 amide bonds. The maximum Gasteiger partial charge on any atom is 0.222 e. The van der Waals surface area contributed by atoms with Gasteiger partial charge in [0, 0.05) is 30.2 Å². The van der Waals surface area contributed by atoms with Gasteiger partial charge >= 0.3 is 0 Å². The van der Waals surface area contributed by atoms with E-state index in [2.05, 4.69) is 12.1 Å². The van der Waals surface area contributed by atoms with Gasteiger partial charge in [0.25, 0.3) is 0 Å². The molecule has 0 N–H and O–H groups in total. The Labute approximate surface area is 94.7 Å². The summed E-state index contributed by atoms with van der Waals surface area (Å²) in [5, 5.41) is 0. The smallest absolute Gasteiger partial charge is 0.222 e. The van der Waals surface area contributed by atoms with Crippen LogP contribution in [0.3, 0.4) is 0 Å². The average molecular weight is 221 g/mol. The first-order valence-electron chi connectivity index (χ1n) is 5.32. The van der Waals surface area contributed by atoms with Gasteiger partial charge in [0.2, 0.25) is 5.91 Å². The van der Waals surface area contributed by atoms with Crippen molar-refractivity contribution in [3.8, 4) is 0 Å². The number of benzene rings is 1. The van der Waals surface area contributed by atoms with Crippen LogP contribution in [-0.2, 0) is 4.79 Å². The average Bonchev–Trinajstić information content (AvgIpc) is 2.66. The number of hydrogen-bond donors (Lipinski definition) is 0. The molecule has 1 aliphatic rings. The lowest BCUT2D eigenvalue weighted by Crippen LogP contribution is -2.26. The molecule has 1 aliphatic heterocycles. The highest BCUT2D eigenvalue weighted by molar-refractivity contribution is 7.99. The van der Waals surface area contributed by atoms with E-state index in [0.29, 0.717) is 5.91 Å². The summed E-state index contributed by atoms with van der Waals surface area (Å²) in [4.78, 5) is 14.6. The number of carbonyl (C=O) groups is 1. The molecule has 0 aromatic heterocycles. The predicted octanol–water partition coefficient (Wildman–Crippen LogP) is 2.40. The van der Waals surface area contributed by atoms with Gasteiger partial charge < -0.3 is 4.90 Å². The molecule has 0 spiro atoms. The Kier molecular flexibility index (Phi) is 3.67. The molecule has 80 valence electrons. The third-order valence-electron chi connectivity index (χ3n) is 2.54. The fourth-order valence-electron chi connectivity index (χ4n) is 1.73. The molecular formula is C12H15NOS. The highest BCUT2D eigenvalue weighted by Crippen LogP contribution is 2.18. The number of thioether (sulfide) groups is 1. The Morgan fingerprint density at radius 1 is 1.27 bits per heavy atom. The van der Waals surface area contributed by atoms with Crippen LogP contribution in [-0.4, -0.2) is 29.6 Å². The molecule has 0 radical (unpaired) electrons. The van der Waals surface area contributed by atoms with Crippen LogP contribution in [0.15, 0.2) is 35.2 Å². The van der Waals surface area contributed by atoms with E-state index in [4.69, 9.17) is 0 Å². The van der Waals surface area contributed by atoms with Crippen LogP contribution in [0.1, 0.15) is 12.8 Å². The molecule has 0 aliphatic carbocycles. The van der Waals surface area contributed by atoms with E-state index in [-0.39, 0.29) is 0 Å². The van der Waals surface area contributed by atoms with Gasteiger partial charge in [-0.2, -0.15) is 0 Å². The summed E-state index contributed by atoms with van der Waals surface area (Å²) in [7, 11) is 0. The zero-order chi connectivity index (χ0) is 10.5. The molecule has 0 saturated carbocycles. The minimum atomic E-state index is 0.323. The van der Waals surface area contributed by atoms with Crippen LogP contribution < -0.4 is 0 Å². The molecule has 2 nitrogen and oxygen atoms in total. The standard InChI is InChI=1S/C12H15NOS/c14-12-7-4-8-13(12)9-10-15-11-5-2-1-3-6-11/h1-3,5-6H,4,7-10H2. The zero-order valence-corrected chi connectivity index (χ0v) is 9.50. The number of amides is 1. The van der Waals surface area contributed by atoms with Crippen molar-refractivity contribution in [3.05, 3.63) is 30.3 Å². The highest BCUT2D eigenvalue weighted by Gasteiger charge is 2.18. The van der Waals surface area contributed by atoms with Gasteiger partial charge in [-0.25, -0.2) is 0 Å². The van der Waals surface area contributed by atoms with Crippen LogP contribution >= 0.6 is 11.8 Å². The van der Waals surface area contributed by atoms with Crippen molar-refractivity contribution in [2.24, 2.45) is 0 Å². The molecule has 0 atom stereocenters. The lowest BCUT2D eigenvalue weighted by Gasteiger charge is -2.14. The molecule has 1 aromatic rings. The number of likely N-dealkylation sites (tertiary alicyclic amines) is 1. The predicted molar refractivity (Wildman–Crippen MR) is 63.0 cm³/mol. The molecule has 1 aromatic carbocycles. The second-order valence-corrected chi connectivity index (χ2v) is 4.81. The summed E-state index contributed by atoms with van der Waals surface area (Å²) >= 11 is 1.82. The van der Waals surface area contributed by atoms with Crippen molar-refractivity contribution in [3.63, 3.8) is 0 Å². The van der Waals surface area contributed by atoms with Crippen LogP contribution in [0.2, 0.25) is 0 Å². The molecule has 15 heavy (non-hydrogen) atoms. The van der Waals surface area contributed by atoms with Gasteiger partial charge in [-0.1, -0.05) is 18.2 Å². The summed E-state index contributed by atoms with van der Waals surface area (Å²) < 4.78 is 0. The molecule has 3 heteroatoms. The number of carbonyl (C=O) groups excluding carboxylic acids is 1.